The minimum Gasteiger partial charge on any atom is -0.478 e. The molecule has 0 fully saturated rings. The minimum absolute atomic E-state index is 0.756. The Morgan fingerprint density at radius 3 is 2.50 bits per heavy atom. The second-order valence-electron chi connectivity index (χ2n) is 4.79. The van der Waals surface area contributed by atoms with Gasteiger partial charge in [0.25, 0.3) is 0 Å². The van der Waals surface area contributed by atoms with Crippen molar-refractivity contribution in [1.29, 1.82) is 0 Å². The summed E-state index contributed by atoms with van der Waals surface area (Å²) in [7, 11) is 0. The van der Waals surface area contributed by atoms with Crippen LogP contribution in [0.1, 0.15) is 28.1 Å². The van der Waals surface area contributed by atoms with Gasteiger partial charge < -0.3 is 5.11 Å². The number of rotatable bonds is 3. The van der Waals surface area contributed by atoms with Gasteiger partial charge in [0, 0.05) is 18.0 Å². The lowest BCUT2D eigenvalue weighted by molar-refractivity contribution is -0.131. The smallest absolute Gasteiger partial charge is 0.328 e. The van der Waals surface area contributed by atoms with E-state index >= 15 is 0 Å². The molecule has 2 rings (SSSR count). The summed E-state index contributed by atoms with van der Waals surface area (Å²) in [5.41, 5.74) is 4.90. The lowest BCUT2D eigenvalue weighted by Crippen LogP contribution is -2.04. The van der Waals surface area contributed by atoms with Crippen LogP contribution in [0.15, 0.2) is 18.3 Å². The first-order chi connectivity index (χ1) is 9.40. The van der Waals surface area contributed by atoms with Crippen molar-refractivity contribution in [2.45, 2.75) is 27.7 Å². The van der Waals surface area contributed by atoms with E-state index < -0.39 is 5.97 Å². The van der Waals surface area contributed by atoms with Crippen molar-refractivity contribution in [1.82, 2.24) is 14.8 Å². The first kappa shape index (κ1) is 14.0. The largest absolute Gasteiger partial charge is 0.478 e. The lowest BCUT2D eigenvalue weighted by Gasteiger charge is -2.08. The van der Waals surface area contributed by atoms with E-state index in [0.29, 0.717) is 0 Å². The molecule has 104 valence electrons. The van der Waals surface area contributed by atoms with E-state index in [9.17, 15) is 4.79 Å². The first-order valence-electron chi connectivity index (χ1n) is 6.31. The maximum absolute atomic E-state index is 10.5. The molecule has 0 saturated carbocycles. The molecule has 2 aromatic heterocycles. The molecule has 0 amide bonds. The highest BCUT2D eigenvalue weighted by atomic mass is 16.4. The zero-order valence-corrected chi connectivity index (χ0v) is 12.0. The third kappa shape index (κ3) is 2.61. The van der Waals surface area contributed by atoms with Gasteiger partial charge >= 0.3 is 5.97 Å². The summed E-state index contributed by atoms with van der Waals surface area (Å²) in [6.45, 7) is 7.95. The standard InChI is InChI=1S/C15H17N3O2/c1-9-7-13(5-6-14(19)20)8-16-15(9)18-12(4)10(2)11(3)17-18/h5-8H,1-4H3,(H,19,20)/b6-5+. The average Bonchev–Trinajstić information content (AvgIpc) is 2.64. The monoisotopic (exact) mass is 271 g/mol. The van der Waals surface area contributed by atoms with Gasteiger partial charge in [-0.15, -0.1) is 0 Å². The van der Waals surface area contributed by atoms with Crippen LogP contribution in [0.2, 0.25) is 0 Å². The van der Waals surface area contributed by atoms with E-state index in [4.69, 9.17) is 5.11 Å². The number of hydrogen-bond donors (Lipinski definition) is 1. The molecule has 0 aliphatic rings. The van der Waals surface area contributed by atoms with Crippen LogP contribution in [0.5, 0.6) is 0 Å². The number of hydrogen-bond acceptors (Lipinski definition) is 3. The van der Waals surface area contributed by atoms with Crippen molar-refractivity contribution < 1.29 is 9.90 Å². The van der Waals surface area contributed by atoms with Gasteiger partial charge in [-0.2, -0.15) is 5.10 Å². The fourth-order valence-electron chi connectivity index (χ4n) is 2.00. The molecule has 0 aliphatic carbocycles. The zero-order valence-electron chi connectivity index (χ0n) is 12.0. The summed E-state index contributed by atoms with van der Waals surface area (Å²) in [6.07, 6.45) is 4.27. The molecule has 2 heterocycles. The highest BCUT2D eigenvalue weighted by Crippen LogP contribution is 2.19. The molecule has 5 nitrogen and oxygen atoms in total. The van der Waals surface area contributed by atoms with E-state index in [-0.39, 0.29) is 0 Å². The van der Waals surface area contributed by atoms with Crippen molar-refractivity contribution in [2.75, 3.05) is 0 Å². The number of aromatic nitrogens is 3. The van der Waals surface area contributed by atoms with Gasteiger partial charge in [-0.25, -0.2) is 14.5 Å². The quantitative estimate of drug-likeness (QED) is 0.871. The van der Waals surface area contributed by atoms with Gasteiger partial charge in [0.1, 0.15) is 0 Å². The first-order valence-corrected chi connectivity index (χ1v) is 6.31. The van der Waals surface area contributed by atoms with Gasteiger partial charge in [0.15, 0.2) is 5.82 Å². The molecule has 0 aliphatic heterocycles. The molecule has 5 heteroatoms. The van der Waals surface area contributed by atoms with E-state index in [1.807, 2.05) is 38.4 Å². The van der Waals surface area contributed by atoms with E-state index in [0.717, 1.165) is 40.0 Å². The van der Waals surface area contributed by atoms with Crippen LogP contribution in [0.4, 0.5) is 0 Å². The lowest BCUT2D eigenvalue weighted by atomic mass is 10.2. The average molecular weight is 271 g/mol. The summed E-state index contributed by atoms with van der Waals surface area (Å²) in [5.74, 6) is -0.202. The maximum atomic E-state index is 10.5. The van der Waals surface area contributed by atoms with E-state index in [2.05, 4.69) is 10.1 Å². The third-order valence-corrected chi connectivity index (χ3v) is 3.34. The Morgan fingerprint density at radius 1 is 1.30 bits per heavy atom. The maximum Gasteiger partial charge on any atom is 0.328 e. The highest BCUT2D eigenvalue weighted by molar-refractivity contribution is 5.85. The molecule has 1 N–H and O–H groups in total. The second-order valence-corrected chi connectivity index (χ2v) is 4.79. The zero-order chi connectivity index (χ0) is 14.9. The fraction of sp³-hybridized carbons (Fsp3) is 0.267. The van der Waals surface area contributed by atoms with Crippen molar-refractivity contribution in [2.24, 2.45) is 0 Å². The van der Waals surface area contributed by atoms with Crippen molar-refractivity contribution in [3.63, 3.8) is 0 Å². The minimum atomic E-state index is -0.971. The molecule has 0 aromatic carbocycles. The molecule has 20 heavy (non-hydrogen) atoms. The van der Waals surface area contributed by atoms with Crippen molar-refractivity contribution in [3.8, 4) is 5.82 Å². The molecule has 0 radical (unpaired) electrons. The Hall–Kier alpha value is -2.43. The fourth-order valence-corrected chi connectivity index (χ4v) is 2.00. The van der Waals surface area contributed by atoms with Gasteiger partial charge in [0.2, 0.25) is 0 Å². The van der Waals surface area contributed by atoms with Crippen LogP contribution in [0.3, 0.4) is 0 Å². The molecule has 0 saturated heterocycles. The number of carboxylic acids is 1. The van der Waals surface area contributed by atoms with Gasteiger partial charge in [0.05, 0.1) is 5.69 Å². The second kappa shape index (κ2) is 5.28. The van der Waals surface area contributed by atoms with Gasteiger partial charge in [-0.05, 0) is 56.5 Å². The summed E-state index contributed by atoms with van der Waals surface area (Å²) in [5, 5.41) is 13.1. The molecular formula is C15H17N3O2. The summed E-state index contributed by atoms with van der Waals surface area (Å²) in [4.78, 5) is 14.9. The third-order valence-electron chi connectivity index (χ3n) is 3.34. The Bertz CT molecular complexity index is 699. The number of pyridine rings is 1. The Morgan fingerprint density at radius 2 is 2.00 bits per heavy atom. The van der Waals surface area contributed by atoms with Crippen LogP contribution in [-0.4, -0.2) is 25.8 Å². The Kier molecular flexibility index (Phi) is 3.70. The number of aryl methyl sites for hydroxylation is 2. The predicted octanol–water partition coefficient (Wildman–Crippen LogP) is 2.60. The number of aliphatic carboxylic acids is 1. The number of carbonyl (C=O) groups is 1. The van der Waals surface area contributed by atoms with Crippen molar-refractivity contribution in [3.05, 3.63) is 46.4 Å². The molecule has 0 bridgehead atoms. The Labute approximate surface area is 117 Å². The van der Waals surface area contributed by atoms with Crippen molar-refractivity contribution >= 4 is 12.0 Å². The number of nitrogens with zero attached hydrogens (tertiary/aromatic N) is 3. The van der Waals surface area contributed by atoms with Gasteiger partial charge in [-0.3, -0.25) is 0 Å². The topological polar surface area (TPSA) is 68.0 Å². The normalized spacial score (nSPS) is 11.2. The molecule has 2 aromatic rings. The molecule has 0 unspecified atom stereocenters. The van der Waals surface area contributed by atoms with Crippen LogP contribution in [0, 0.1) is 27.7 Å². The predicted molar refractivity (Wildman–Crippen MR) is 77.0 cm³/mol. The van der Waals surface area contributed by atoms with Crippen LogP contribution in [-0.2, 0) is 4.79 Å². The number of carboxylic acid groups (broad SMARTS) is 1. The summed E-state index contributed by atoms with van der Waals surface area (Å²) >= 11 is 0. The van der Waals surface area contributed by atoms with Gasteiger partial charge in [-0.1, -0.05) is 0 Å². The highest BCUT2D eigenvalue weighted by Gasteiger charge is 2.11. The van der Waals surface area contributed by atoms with Crippen LogP contribution < -0.4 is 0 Å². The van der Waals surface area contributed by atoms with E-state index in [1.54, 1.807) is 6.20 Å². The molecular weight excluding hydrogens is 254 g/mol. The van der Waals surface area contributed by atoms with Crippen LogP contribution >= 0.6 is 0 Å². The SMILES string of the molecule is Cc1cc(/C=C/C(=O)O)cnc1-n1nc(C)c(C)c1C. The molecule has 0 atom stereocenters. The van der Waals surface area contributed by atoms with E-state index in [1.165, 1.54) is 6.08 Å². The summed E-state index contributed by atoms with van der Waals surface area (Å²) < 4.78 is 1.82. The Balaban J connectivity index is 2.44. The molecule has 0 spiro atoms. The summed E-state index contributed by atoms with van der Waals surface area (Å²) in [6, 6.07) is 1.90. The van der Waals surface area contributed by atoms with Crippen LogP contribution in [0.25, 0.3) is 11.9 Å².